The molecular formula is C8H3NO3. The van der Waals surface area contributed by atoms with Gasteiger partial charge in [0.05, 0.1) is 5.56 Å². The molecule has 58 valence electrons. The minimum Gasteiger partial charge on any atom is -0.368 e. The zero-order chi connectivity index (χ0) is 8.29. The van der Waals surface area contributed by atoms with Crippen molar-refractivity contribution in [3.05, 3.63) is 34.1 Å². The van der Waals surface area contributed by atoms with Gasteiger partial charge in [0.15, 0.2) is 5.58 Å². The van der Waals surface area contributed by atoms with Gasteiger partial charge in [-0.3, -0.25) is 9.59 Å². The molecule has 12 heavy (non-hydrogen) atoms. The second kappa shape index (κ2) is 1.50. The Balaban J connectivity index is 2.79. The third-order valence-electron chi connectivity index (χ3n) is 2.03. The highest BCUT2D eigenvalue weighted by Gasteiger charge is 2.29. The molecule has 0 saturated carbocycles. The number of fused-ring (bicyclic) bond motifs is 1. The SMILES string of the molecule is O=C1c2cccc3on1c(=O)c23. The quantitative estimate of drug-likeness (QED) is 0.485. The van der Waals surface area contributed by atoms with E-state index in [1.54, 1.807) is 18.2 Å². The Labute approximate surface area is 66.0 Å². The first-order valence-corrected chi connectivity index (χ1v) is 3.49. The Morgan fingerprint density at radius 1 is 1.25 bits per heavy atom. The van der Waals surface area contributed by atoms with Crippen LogP contribution in [0.1, 0.15) is 10.4 Å². The van der Waals surface area contributed by atoms with Crippen LogP contribution in [0.3, 0.4) is 0 Å². The van der Waals surface area contributed by atoms with Crippen molar-refractivity contribution in [2.45, 2.75) is 0 Å². The summed E-state index contributed by atoms with van der Waals surface area (Å²) in [5.74, 6) is -0.358. The normalized spacial score (nSPS) is 13.5. The molecule has 4 nitrogen and oxygen atoms in total. The predicted molar refractivity (Wildman–Crippen MR) is 40.2 cm³/mol. The fraction of sp³-hybridized carbons (Fsp3) is 0. The van der Waals surface area contributed by atoms with E-state index in [1.807, 2.05) is 0 Å². The topological polar surface area (TPSA) is 52.2 Å². The summed E-state index contributed by atoms with van der Waals surface area (Å²) in [5, 5.41) is 0.405. The monoisotopic (exact) mass is 161 g/mol. The molecule has 0 atom stereocenters. The maximum atomic E-state index is 11.2. The molecule has 2 bridgehead atoms. The van der Waals surface area contributed by atoms with Crippen LogP contribution in [0.5, 0.6) is 0 Å². The van der Waals surface area contributed by atoms with Crippen molar-refractivity contribution in [2.75, 3.05) is 0 Å². The van der Waals surface area contributed by atoms with E-state index in [4.69, 9.17) is 4.52 Å². The maximum absolute atomic E-state index is 11.2. The lowest BCUT2D eigenvalue weighted by Crippen LogP contribution is -2.15. The average Bonchev–Trinajstić information content (AvgIpc) is 2.51. The minimum atomic E-state index is -0.358. The van der Waals surface area contributed by atoms with Crippen molar-refractivity contribution in [1.82, 2.24) is 4.74 Å². The van der Waals surface area contributed by atoms with E-state index in [0.29, 0.717) is 16.5 Å². The second-order valence-electron chi connectivity index (χ2n) is 2.67. The van der Waals surface area contributed by atoms with E-state index < -0.39 is 0 Å². The number of hydrogen-bond donors (Lipinski definition) is 0. The molecule has 2 heterocycles. The number of benzene rings is 1. The summed E-state index contributed by atoms with van der Waals surface area (Å²) in [4.78, 5) is 22.5. The zero-order valence-corrected chi connectivity index (χ0v) is 5.90. The summed E-state index contributed by atoms with van der Waals surface area (Å²) in [6, 6.07) is 4.99. The average molecular weight is 161 g/mol. The van der Waals surface area contributed by atoms with E-state index in [0.717, 1.165) is 4.74 Å². The van der Waals surface area contributed by atoms with Crippen LogP contribution < -0.4 is 5.56 Å². The lowest BCUT2D eigenvalue weighted by atomic mass is 10.1. The molecule has 0 amide bonds. The van der Waals surface area contributed by atoms with Crippen molar-refractivity contribution in [3.8, 4) is 0 Å². The Morgan fingerprint density at radius 3 is 2.75 bits per heavy atom. The highest BCUT2D eigenvalue weighted by Crippen LogP contribution is 2.22. The molecule has 0 radical (unpaired) electrons. The van der Waals surface area contributed by atoms with E-state index in [1.165, 1.54) is 0 Å². The third-order valence-corrected chi connectivity index (χ3v) is 2.03. The summed E-state index contributed by atoms with van der Waals surface area (Å²) in [6.07, 6.45) is 0. The van der Waals surface area contributed by atoms with Gasteiger partial charge in [-0.05, 0) is 12.1 Å². The smallest absolute Gasteiger partial charge is 0.299 e. The number of aromatic nitrogens is 1. The van der Waals surface area contributed by atoms with Crippen molar-refractivity contribution in [3.63, 3.8) is 0 Å². The van der Waals surface area contributed by atoms with Crippen LogP contribution in [0.25, 0.3) is 11.0 Å². The van der Waals surface area contributed by atoms with E-state index in [9.17, 15) is 9.59 Å². The maximum Gasteiger partial charge on any atom is 0.299 e. The molecule has 0 fully saturated rings. The van der Waals surface area contributed by atoms with Gasteiger partial charge in [-0.2, -0.15) is 0 Å². The van der Waals surface area contributed by atoms with Crippen molar-refractivity contribution in [1.29, 1.82) is 0 Å². The first kappa shape index (κ1) is 5.77. The number of nitrogens with zero attached hydrogens (tertiary/aromatic N) is 1. The van der Waals surface area contributed by atoms with Gasteiger partial charge in [-0.1, -0.05) is 10.8 Å². The van der Waals surface area contributed by atoms with E-state index in [-0.39, 0.29) is 11.5 Å². The van der Waals surface area contributed by atoms with Gasteiger partial charge < -0.3 is 4.52 Å². The van der Waals surface area contributed by atoms with Crippen LogP contribution in [-0.4, -0.2) is 10.6 Å². The molecule has 0 aliphatic carbocycles. The molecule has 1 aromatic heterocycles. The highest BCUT2D eigenvalue weighted by atomic mass is 16.5. The van der Waals surface area contributed by atoms with Gasteiger partial charge in [0, 0.05) is 0 Å². The standard InChI is InChI=1S/C8H3NO3/c10-7-4-2-1-3-5-6(4)8(11)9(7)12-5/h1-3H. The fourth-order valence-electron chi connectivity index (χ4n) is 1.49. The first-order chi connectivity index (χ1) is 5.79. The largest absolute Gasteiger partial charge is 0.368 e. The summed E-state index contributed by atoms with van der Waals surface area (Å²) in [5.41, 5.74) is 0.589. The molecule has 1 aliphatic heterocycles. The van der Waals surface area contributed by atoms with Crippen LogP contribution >= 0.6 is 0 Å². The van der Waals surface area contributed by atoms with Crippen LogP contribution in [0.15, 0.2) is 27.5 Å². The van der Waals surface area contributed by atoms with Gasteiger partial charge >= 0.3 is 0 Å². The minimum absolute atomic E-state index is 0.342. The van der Waals surface area contributed by atoms with E-state index in [2.05, 4.69) is 0 Å². The van der Waals surface area contributed by atoms with Gasteiger partial charge in [0.2, 0.25) is 0 Å². The zero-order valence-electron chi connectivity index (χ0n) is 5.90. The lowest BCUT2D eigenvalue weighted by molar-refractivity contribution is 0.0855. The fourth-order valence-corrected chi connectivity index (χ4v) is 1.49. The molecule has 0 N–H and O–H groups in total. The second-order valence-corrected chi connectivity index (χ2v) is 2.67. The number of carbonyl (C=O) groups is 1. The first-order valence-electron chi connectivity index (χ1n) is 3.49. The van der Waals surface area contributed by atoms with Crippen LogP contribution in [0, 0.1) is 0 Å². The summed E-state index contributed by atoms with van der Waals surface area (Å²) >= 11 is 0. The van der Waals surface area contributed by atoms with Gasteiger partial charge in [-0.15, -0.1) is 0 Å². The van der Waals surface area contributed by atoms with Crippen molar-refractivity contribution in [2.24, 2.45) is 0 Å². The molecule has 0 saturated heterocycles. The Morgan fingerprint density at radius 2 is 2.08 bits per heavy atom. The summed E-state index contributed by atoms with van der Waals surface area (Å²) in [7, 11) is 0. The molecule has 2 aromatic rings. The van der Waals surface area contributed by atoms with Gasteiger partial charge in [-0.25, -0.2) is 0 Å². The Hall–Kier alpha value is -1.84. The van der Waals surface area contributed by atoms with Gasteiger partial charge in [0.1, 0.15) is 5.39 Å². The van der Waals surface area contributed by atoms with Crippen molar-refractivity contribution < 1.29 is 9.32 Å². The third kappa shape index (κ3) is 0.404. The molecule has 0 unspecified atom stereocenters. The van der Waals surface area contributed by atoms with E-state index >= 15 is 0 Å². The summed E-state index contributed by atoms with van der Waals surface area (Å²) < 4.78 is 5.73. The highest BCUT2D eigenvalue weighted by molar-refractivity contribution is 6.10. The Kier molecular flexibility index (Phi) is 0.721. The Bertz CT molecular complexity index is 561. The van der Waals surface area contributed by atoms with Crippen LogP contribution in [-0.2, 0) is 0 Å². The lowest BCUT2D eigenvalue weighted by Gasteiger charge is -1.98. The predicted octanol–water partition coefficient (Wildman–Crippen LogP) is 0.596. The summed E-state index contributed by atoms with van der Waals surface area (Å²) in [6.45, 7) is 0. The number of hydrogen-bond acceptors (Lipinski definition) is 3. The number of carbonyl (C=O) groups excluding carboxylic acids is 1. The number of rotatable bonds is 0. The van der Waals surface area contributed by atoms with Crippen molar-refractivity contribution >= 4 is 16.9 Å². The molecule has 4 heteroatoms. The molecule has 1 aliphatic rings. The molecule has 0 spiro atoms. The van der Waals surface area contributed by atoms with Crippen LogP contribution in [0.4, 0.5) is 0 Å². The van der Waals surface area contributed by atoms with Crippen LogP contribution in [0.2, 0.25) is 0 Å². The molecule has 1 aromatic carbocycles. The molecular weight excluding hydrogens is 158 g/mol. The van der Waals surface area contributed by atoms with Gasteiger partial charge in [0.25, 0.3) is 11.5 Å². The molecule has 3 rings (SSSR count).